The molecule has 0 saturated carbocycles. The zero-order valence-electron chi connectivity index (χ0n) is 11.5. The highest BCUT2D eigenvalue weighted by molar-refractivity contribution is 9.10. The second-order valence-electron chi connectivity index (χ2n) is 4.26. The third kappa shape index (κ3) is 5.38. The summed E-state index contributed by atoms with van der Waals surface area (Å²) < 4.78 is 11.7. The van der Waals surface area contributed by atoms with Gasteiger partial charge in [-0.2, -0.15) is 0 Å². The predicted molar refractivity (Wildman–Crippen MR) is 79.9 cm³/mol. The van der Waals surface area contributed by atoms with Crippen LogP contribution in [0.3, 0.4) is 0 Å². The summed E-state index contributed by atoms with van der Waals surface area (Å²) in [5, 5.41) is 12.1. The van der Waals surface area contributed by atoms with Gasteiger partial charge in [0.05, 0.1) is 14.2 Å². The molecule has 0 spiro atoms. The molecule has 0 unspecified atom stereocenters. The maximum atomic E-state index is 8.70. The maximum absolute atomic E-state index is 8.70. The molecule has 0 aliphatic heterocycles. The van der Waals surface area contributed by atoms with Crippen LogP contribution in [0.1, 0.15) is 24.8 Å². The van der Waals surface area contributed by atoms with Gasteiger partial charge in [-0.25, -0.2) is 0 Å². The average molecular weight is 332 g/mol. The van der Waals surface area contributed by atoms with Gasteiger partial charge in [-0.05, 0) is 37.9 Å². The second kappa shape index (κ2) is 9.18. The number of aliphatic hydroxyl groups excluding tert-OH is 1. The van der Waals surface area contributed by atoms with Crippen molar-refractivity contribution in [3.05, 3.63) is 22.2 Å². The molecule has 0 aromatic heterocycles. The molecule has 4 nitrogen and oxygen atoms in total. The number of hydrogen-bond donors (Lipinski definition) is 2. The normalized spacial score (nSPS) is 10.5. The first-order chi connectivity index (χ1) is 9.22. The fourth-order valence-corrected chi connectivity index (χ4v) is 2.38. The molecule has 0 bridgehead atoms. The molecule has 1 rings (SSSR count). The largest absolute Gasteiger partial charge is 0.493 e. The van der Waals surface area contributed by atoms with E-state index in [0.717, 1.165) is 53.9 Å². The lowest BCUT2D eigenvalue weighted by molar-refractivity contribution is 0.283. The molecule has 0 amide bonds. The van der Waals surface area contributed by atoms with Crippen LogP contribution in [0, 0.1) is 0 Å². The first-order valence-electron chi connectivity index (χ1n) is 6.45. The minimum atomic E-state index is 0.274. The molecule has 5 heteroatoms. The van der Waals surface area contributed by atoms with E-state index in [2.05, 4.69) is 21.2 Å². The fourth-order valence-electron chi connectivity index (χ4n) is 1.90. The van der Waals surface area contributed by atoms with Crippen molar-refractivity contribution in [1.29, 1.82) is 0 Å². The summed E-state index contributed by atoms with van der Waals surface area (Å²) in [6, 6.07) is 3.92. The molecule has 0 heterocycles. The smallest absolute Gasteiger partial charge is 0.165 e. The summed E-state index contributed by atoms with van der Waals surface area (Å²) in [6.07, 6.45) is 2.98. The van der Waals surface area contributed by atoms with E-state index in [0.29, 0.717) is 0 Å². The molecule has 0 aliphatic carbocycles. The molecular weight excluding hydrogens is 310 g/mol. The zero-order chi connectivity index (χ0) is 14.1. The molecular formula is C14H22BrNO3. The van der Waals surface area contributed by atoms with Gasteiger partial charge in [0, 0.05) is 23.2 Å². The number of aliphatic hydroxyl groups is 1. The van der Waals surface area contributed by atoms with Crippen LogP contribution in [-0.2, 0) is 6.54 Å². The average Bonchev–Trinajstić information content (AvgIpc) is 2.42. The monoisotopic (exact) mass is 331 g/mol. The van der Waals surface area contributed by atoms with Crippen LogP contribution in [0.5, 0.6) is 11.5 Å². The molecule has 0 aliphatic rings. The summed E-state index contributed by atoms with van der Waals surface area (Å²) in [4.78, 5) is 0. The predicted octanol–water partition coefficient (Wildman–Crippen LogP) is 2.72. The zero-order valence-corrected chi connectivity index (χ0v) is 13.1. The maximum Gasteiger partial charge on any atom is 0.165 e. The van der Waals surface area contributed by atoms with Gasteiger partial charge in [0.25, 0.3) is 0 Å². The lowest BCUT2D eigenvalue weighted by Gasteiger charge is -2.14. The van der Waals surface area contributed by atoms with Gasteiger partial charge in [-0.3, -0.25) is 0 Å². The van der Waals surface area contributed by atoms with Crippen molar-refractivity contribution in [3.63, 3.8) is 0 Å². The first kappa shape index (κ1) is 16.3. The van der Waals surface area contributed by atoms with Gasteiger partial charge in [0.2, 0.25) is 0 Å². The first-order valence-corrected chi connectivity index (χ1v) is 7.24. The van der Waals surface area contributed by atoms with Gasteiger partial charge >= 0.3 is 0 Å². The van der Waals surface area contributed by atoms with Gasteiger partial charge in [-0.1, -0.05) is 15.9 Å². The number of nitrogens with one attached hydrogen (secondary N) is 1. The van der Waals surface area contributed by atoms with Crippen molar-refractivity contribution in [1.82, 2.24) is 5.32 Å². The molecule has 19 heavy (non-hydrogen) atoms. The van der Waals surface area contributed by atoms with E-state index in [4.69, 9.17) is 14.6 Å². The molecule has 0 radical (unpaired) electrons. The van der Waals surface area contributed by atoms with E-state index < -0.39 is 0 Å². The summed E-state index contributed by atoms with van der Waals surface area (Å²) in [6.45, 7) is 1.94. The third-order valence-electron chi connectivity index (χ3n) is 2.85. The summed E-state index contributed by atoms with van der Waals surface area (Å²) in [7, 11) is 3.28. The van der Waals surface area contributed by atoms with Crippen molar-refractivity contribution in [2.45, 2.75) is 25.8 Å². The van der Waals surface area contributed by atoms with Crippen LogP contribution in [-0.4, -0.2) is 32.5 Å². The highest BCUT2D eigenvalue weighted by Gasteiger charge is 2.11. The second-order valence-corrected chi connectivity index (χ2v) is 5.18. The van der Waals surface area contributed by atoms with Crippen molar-refractivity contribution < 1.29 is 14.6 Å². The van der Waals surface area contributed by atoms with E-state index in [1.54, 1.807) is 14.2 Å². The number of halogens is 1. The lowest BCUT2D eigenvalue weighted by atomic mass is 10.1. The van der Waals surface area contributed by atoms with Crippen LogP contribution >= 0.6 is 15.9 Å². The van der Waals surface area contributed by atoms with E-state index in [-0.39, 0.29) is 6.61 Å². The number of unbranched alkanes of at least 4 members (excludes halogenated alkanes) is 2. The van der Waals surface area contributed by atoms with Crippen LogP contribution in [0.25, 0.3) is 0 Å². The van der Waals surface area contributed by atoms with Crippen molar-refractivity contribution >= 4 is 15.9 Å². The highest BCUT2D eigenvalue weighted by atomic mass is 79.9. The van der Waals surface area contributed by atoms with Crippen molar-refractivity contribution in [3.8, 4) is 11.5 Å². The van der Waals surface area contributed by atoms with Crippen LogP contribution < -0.4 is 14.8 Å². The quantitative estimate of drug-likeness (QED) is 0.683. The summed E-state index contributed by atoms with van der Waals surface area (Å²) >= 11 is 3.47. The van der Waals surface area contributed by atoms with Crippen LogP contribution in [0.4, 0.5) is 0 Å². The van der Waals surface area contributed by atoms with Crippen LogP contribution in [0.2, 0.25) is 0 Å². The Hall–Kier alpha value is -0.780. The Morgan fingerprint density at radius 1 is 1.16 bits per heavy atom. The van der Waals surface area contributed by atoms with Gasteiger partial charge in [0.1, 0.15) is 0 Å². The molecule has 1 aromatic rings. The minimum Gasteiger partial charge on any atom is -0.493 e. The van der Waals surface area contributed by atoms with Gasteiger partial charge < -0.3 is 19.9 Å². The van der Waals surface area contributed by atoms with Crippen molar-refractivity contribution in [2.24, 2.45) is 0 Å². The molecule has 0 atom stereocenters. The highest BCUT2D eigenvalue weighted by Crippen LogP contribution is 2.34. The van der Waals surface area contributed by atoms with E-state index in [9.17, 15) is 0 Å². The Kier molecular flexibility index (Phi) is 7.86. The Labute approximate surface area is 123 Å². The van der Waals surface area contributed by atoms with Gasteiger partial charge in [-0.15, -0.1) is 0 Å². The number of rotatable bonds is 9. The molecule has 0 saturated heterocycles. The Bertz CT molecular complexity index is 385. The lowest BCUT2D eigenvalue weighted by Crippen LogP contribution is -2.15. The summed E-state index contributed by atoms with van der Waals surface area (Å²) in [5.74, 6) is 1.50. The Balaban J connectivity index is 2.54. The molecule has 108 valence electrons. The fraction of sp³-hybridized carbons (Fsp3) is 0.571. The minimum absolute atomic E-state index is 0.274. The van der Waals surface area contributed by atoms with Crippen molar-refractivity contribution in [2.75, 3.05) is 27.4 Å². The number of hydrogen-bond acceptors (Lipinski definition) is 4. The summed E-state index contributed by atoms with van der Waals surface area (Å²) in [5.41, 5.74) is 1.07. The molecule has 1 aromatic carbocycles. The number of methoxy groups -OCH3 is 2. The van der Waals surface area contributed by atoms with E-state index in [1.165, 1.54) is 0 Å². The standard InChI is InChI=1S/C14H22BrNO3/c1-18-13-9-12(15)8-11(14(13)19-2)10-16-6-4-3-5-7-17/h8-9,16-17H,3-7,10H2,1-2H3. The Morgan fingerprint density at radius 2 is 1.95 bits per heavy atom. The van der Waals surface area contributed by atoms with Gasteiger partial charge in [0.15, 0.2) is 11.5 Å². The SMILES string of the molecule is COc1cc(Br)cc(CNCCCCCO)c1OC. The topological polar surface area (TPSA) is 50.7 Å². The van der Waals surface area contributed by atoms with E-state index in [1.807, 2.05) is 12.1 Å². The van der Waals surface area contributed by atoms with E-state index >= 15 is 0 Å². The molecule has 2 N–H and O–H groups in total. The van der Waals surface area contributed by atoms with Crippen LogP contribution in [0.15, 0.2) is 16.6 Å². The number of benzene rings is 1. The number of ether oxygens (including phenoxy) is 2. The molecule has 0 fully saturated rings. The third-order valence-corrected chi connectivity index (χ3v) is 3.31. The Morgan fingerprint density at radius 3 is 2.58 bits per heavy atom.